The summed E-state index contributed by atoms with van der Waals surface area (Å²) < 4.78 is 0. The van der Waals surface area contributed by atoms with E-state index in [0.29, 0.717) is 18.4 Å². The second-order valence-corrected chi connectivity index (χ2v) is 5.14. The summed E-state index contributed by atoms with van der Waals surface area (Å²) in [7, 11) is 0. The van der Waals surface area contributed by atoms with Crippen LogP contribution in [0.2, 0.25) is 0 Å². The fraction of sp³-hybridized carbons (Fsp3) is 0.429. The fourth-order valence-corrected chi connectivity index (χ4v) is 2.63. The molecule has 1 fully saturated rings. The first-order chi connectivity index (χ1) is 8.62. The summed E-state index contributed by atoms with van der Waals surface area (Å²) in [6, 6.07) is 5.71. The Kier molecular flexibility index (Phi) is 2.40. The summed E-state index contributed by atoms with van der Waals surface area (Å²) in [4.78, 5) is 23.3. The van der Waals surface area contributed by atoms with Crippen molar-refractivity contribution in [1.82, 2.24) is 5.32 Å². The molecule has 94 valence electrons. The minimum Gasteiger partial charge on any atom is -0.480 e. The number of benzene rings is 1. The number of carbonyl (C=O) groups excluding carboxylic acids is 1. The molecule has 1 amide bonds. The van der Waals surface area contributed by atoms with Crippen molar-refractivity contribution in [3.8, 4) is 0 Å². The molecule has 0 atom stereocenters. The molecule has 0 heterocycles. The maximum Gasteiger partial charge on any atom is 0.329 e. The van der Waals surface area contributed by atoms with Crippen molar-refractivity contribution in [1.29, 1.82) is 0 Å². The van der Waals surface area contributed by atoms with Gasteiger partial charge in [0, 0.05) is 5.56 Å². The van der Waals surface area contributed by atoms with E-state index in [1.807, 2.05) is 12.1 Å². The molecule has 1 aromatic rings. The van der Waals surface area contributed by atoms with Crippen LogP contribution in [0.15, 0.2) is 18.2 Å². The molecule has 2 aliphatic carbocycles. The maximum atomic E-state index is 12.2. The highest BCUT2D eigenvalue weighted by Crippen LogP contribution is 2.36. The van der Waals surface area contributed by atoms with Crippen LogP contribution in [-0.4, -0.2) is 22.5 Å². The van der Waals surface area contributed by atoms with Crippen molar-refractivity contribution in [2.45, 2.75) is 37.6 Å². The van der Waals surface area contributed by atoms with E-state index >= 15 is 0 Å². The highest BCUT2D eigenvalue weighted by molar-refractivity contribution is 6.00. The number of hydrogen-bond acceptors (Lipinski definition) is 2. The molecule has 1 aromatic carbocycles. The molecular weight excluding hydrogens is 230 g/mol. The minimum atomic E-state index is -1.00. The summed E-state index contributed by atoms with van der Waals surface area (Å²) in [6.07, 6.45) is 4.06. The second kappa shape index (κ2) is 3.83. The number of carbonyl (C=O) groups is 2. The predicted molar refractivity (Wildman–Crippen MR) is 65.5 cm³/mol. The summed E-state index contributed by atoms with van der Waals surface area (Å²) >= 11 is 0. The Hall–Kier alpha value is -1.84. The molecule has 0 radical (unpaired) electrons. The standard InChI is InChI=1S/C14H15NO3/c16-12(15-14(7-8-14)13(17)18)11-6-2-4-9-3-1-5-10(9)11/h2,4,6H,1,3,5,7-8H2,(H,15,16)(H,17,18). The Morgan fingerprint density at radius 2 is 2.00 bits per heavy atom. The van der Waals surface area contributed by atoms with Gasteiger partial charge in [-0.25, -0.2) is 4.79 Å². The maximum absolute atomic E-state index is 12.2. The third-order valence-corrected chi connectivity index (χ3v) is 3.90. The first kappa shape index (κ1) is 11.3. The summed E-state index contributed by atoms with van der Waals surface area (Å²) in [5.74, 6) is -1.17. The zero-order valence-electron chi connectivity index (χ0n) is 10.0. The summed E-state index contributed by atoms with van der Waals surface area (Å²) in [5, 5.41) is 11.8. The Balaban J connectivity index is 1.86. The van der Waals surface area contributed by atoms with Crippen LogP contribution in [0.1, 0.15) is 40.7 Å². The normalized spacial score (nSPS) is 19.1. The van der Waals surface area contributed by atoms with Crippen LogP contribution in [0.25, 0.3) is 0 Å². The Labute approximate surface area is 105 Å². The number of carboxylic acid groups (broad SMARTS) is 1. The van der Waals surface area contributed by atoms with Gasteiger partial charge < -0.3 is 10.4 Å². The molecule has 18 heavy (non-hydrogen) atoms. The number of amides is 1. The molecule has 0 unspecified atom stereocenters. The topological polar surface area (TPSA) is 66.4 Å². The zero-order valence-corrected chi connectivity index (χ0v) is 10.0. The number of rotatable bonds is 3. The number of hydrogen-bond donors (Lipinski definition) is 2. The molecule has 1 saturated carbocycles. The number of fused-ring (bicyclic) bond motifs is 1. The van der Waals surface area contributed by atoms with Crippen LogP contribution < -0.4 is 5.32 Å². The van der Waals surface area contributed by atoms with Crippen LogP contribution >= 0.6 is 0 Å². The van der Waals surface area contributed by atoms with Crippen LogP contribution in [0.5, 0.6) is 0 Å². The van der Waals surface area contributed by atoms with Crippen LogP contribution in [0.4, 0.5) is 0 Å². The average molecular weight is 245 g/mol. The highest BCUT2D eigenvalue weighted by Gasteiger charge is 2.51. The molecule has 2 N–H and O–H groups in total. The lowest BCUT2D eigenvalue weighted by atomic mass is 10.0. The molecule has 4 nitrogen and oxygen atoms in total. The van der Waals surface area contributed by atoms with Gasteiger partial charge in [-0.3, -0.25) is 4.79 Å². The third kappa shape index (κ3) is 1.68. The molecule has 0 aliphatic heterocycles. The van der Waals surface area contributed by atoms with Crippen molar-refractivity contribution < 1.29 is 14.7 Å². The van der Waals surface area contributed by atoms with Crippen molar-refractivity contribution in [2.75, 3.05) is 0 Å². The van der Waals surface area contributed by atoms with Crippen molar-refractivity contribution in [2.24, 2.45) is 0 Å². The van der Waals surface area contributed by atoms with Gasteiger partial charge in [0.2, 0.25) is 0 Å². The van der Waals surface area contributed by atoms with Gasteiger partial charge in [-0.05, 0) is 49.3 Å². The van der Waals surface area contributed by atoms with Gasteiger partial charge in [-0.1, -0.05) is 12.1 Å². The summed E-state index contributed by atoms with van der Waals surface area (Å²) in [5.41, 5.74) is 1.97. The lowest BCUT2D eigenvalue weighted by molar-refractivity contribution is -0.140. The van der Waals surface area contributed by atoms with Crippen LogP contribution in [0, 0.1) is 0 Å². The van der Waals surface area contributed by atoms with Gasteiger partial charge in [0.15, 0.2) is 0 Å². The van der Waals surface area contributed by atoms with Crippen molar-refractivity contribution in [3.63, 3.8) is 0 Å². The molecule has 0 spiro atoms. The van der Waals surface area contributed by atoms with E-state index in [4.69, 9.17) is 5.11 Å². The number of aryl methyl sites for hydroxylation is 1. The number of nitrogens with one attached hydrogen (secondary N) is 1. The van der Waals surface area contributed by atoms with E-state index in [1.54, 1.807) is 6.07 Å². The lowest BCUT2D eigenvalue weighted by Crippen LogP contribution is -2.43. The Bertz CT molecular complexity index is 532. The number of aliphatic carboxylic acids is 1. The SMILES string of the molecule is O=C(NC1(C(=O)O)CC1)c1cccc2c1CCC2. The second-order valence-electron chi connectivity index (χ2n) is 5.14. The minimum absolute atomic E-state index is 0.242. The van der Waals surface area contributed by atoms with Gasteiger partial charge >= 0.3 is 5.97 Å². The largest absolute Gasteiger partial charge is 0.480 e. The van der Waals surface area contributed by atoms with Crippen molar-refractivity contribution in [3.05, 3.63) is 34.9 Å². The van der Waals surface area contributed by atoms with Gasteiger partial charge in [-0.15, -0.1) is 0 Å². The van der Waals surface area contributed by atoms with Gasteiger partial charge in [0.25, 0.3) is 5.91 Å². The molecule has 3 rings (SSSR count). The first-order valence-corrected chi connectivity index (χ1v) is 6.29. The number of carboxylic acids is 1. The highest BCUT2D eigenvalue weighted by atomic mass is 16.4. The zero-order chi connectivity index (χ0) is 12.8. The molecular formula is C14H15NO3. The quantitative estimate of drug-likeness (QED) is 0.848. The van der Waals surface area contributed by atoms with E-state index in [2.05, 4.69) is 5.32 Å². The van der Waals surface area contributed by atoms with E-state index in [9.17, 15) is 9.59 Å². The molecule has 0 aromatic heterocycles. The molecule has 0 bridgehead atoms. The van der Waals surface area contributed by atoms with E-state index in [0.717, 1.165) is 24.8 Å². The lowest BCUT2D eigenvalue weighted by Gasteiger charge is -2.14. The average Bonchev–Trinajstić information content (AvgIpc) is 2.97. The van der Waals surface area contributed by atoms with Crippen LogP contribution in [-0.2, 0) is 17.6 Å². The first-order valence-electron chi connectivity index (χ1n) is 6.29. The molecule has 2 aliphatic rings. The van der Waals surface area contributed by atoms with Gasteiger partial charge in [-0.2, -0.15) is 0 Å². The summed E-state index contributed by atoms with van der Waals surface area (Å²) in [6.45, 7) is 0. The smallest absolute Gasteiger partial charge is 0.329 e. The van der Waals surface area contributed by atoms with E-state index < -0.39 is 11.5 Å². The Morgan fingerprint density at radius 1 is 1.22 bits per heavy atom. The fourth-order valence-electron chi connectivity index (χ4n) is 2.63. The van der Waals surface area contributed by atoms with E-state index in [1.165, 1.54) is 5.56 Å². The molecule has 4 heteroatoms. The third-order valence-electron chi connectivity index (χ3n) is 3.90. The molecule has 0 saturated heterocycles. The van der Waals surface area contributed by atoms with Crippen LogP contribution in [0.3, 0.4) is 0 Å². The van der Waals surface area contributed by atoms with Gasteiger partial charge in [0.1, 0.15) is 5.54 Å². The van der Waals surface area contributed by atoms with E-state index in [-0.39, 0.29) is 5.91 Å². The Morgan fingerprint density at radius 3 is 2.67 bits per heavy atom. The van der Waals surface area contributed by atoms with Crippen molar-refractivity contribution >= 4 is 11.9 Å². The van der Waals surface area contributed by atoms with Gasteiger partial charge in [0.05, 0.1) is 0 Å². The predicted octanol–water partition coefficient (Wildman–Crippen LogP) is 1.52. The monoisotopic (exact) mass is 245 g/mol.